The van der Waals surface area contributed by atoms with Crippen LogP contribution in [-0.2, 0) is 9.53 Å². The predicted molar refractivity (Wildman–Crippen MR) is 114 cm³/mol. The van der Waals surface area contributed by atoms with Crippen molar-refractivity contribution in [2.75, 3.05) is 58.7 Å². The van der Waals surface area contributed by atoms with Crippen LogP contribution in [0, 0.1) is 0 Å². The molecule has 0 rings (SSSR count). The minimum atomic E-state index is -0.0809. The number of thioether (sulfide) groups is 1. The van der Waals surface area contributed by atoms with E-state index in [-0.39, 0.29) is 17.8 Å². The van der Waals surface area contributed by atoms with E-state index in [1.165, 1.54) is 12.8 Å². The molecule has 0 heterocycles. The summed E-state index contributed by atoms with van der Waals surface area (Å²) in [5, 5.41) is 6.07. The molecule has 0 aromatic rings. The van der Waals surface area contributed by atoms with E-state index in [0.717, 1.165) is 76.6 Å². The third kappa shape index (κ3) is 17.0. The van der Waals surface area contributed by atoms with Crippen LogP contribution < -0.4 is 16.4 Å². The number of rotatable bonds is 18. The van der Waals surface area contributed by atoms with Gasteiger partial charge in [-0.05, 0) is 58.0 Å². The largest absolute Gasteiger partial charge is 0.370 e. The maximum absolute atomic E-state index is 12.3. The van der Waals surface area contributed by atoms with E-state index in [9.17, 15) is 9.59 Å². The van der Waals surface area contributed by atoms with E-state index in [0.29, 0.717) is 13.2 Å². The zero-order chi connectivity index (χ0) is 20.2. The fourth-order valence-corrected chi connectivity index (χ4v) is 2.85. The van der Waals surface area contributed by atoms with Crippen molar-refractivity contribution in [1.82, 2.24) is 15.5 Å². The number of unbranched alkanes of at least 4 members (excludes halogenated alkanes) is 4. The zero-order valence-electron chi connectivity index (χ0n) is 17.3. The number of amides is 2. The van der Waals surface area contributed by atoms with Crippen molar-refractivity contribution in [3.05, 3.63) is 0 Å². The molecule has 0 aliphatic heterocycles. The lowest BCUT2D eigenvalue weighted by atomic mass is 10.2. The molecule has 0 saturated heterocycles. The van der Waals surface area contributed by atoms with Crippen LogP contribution in [0.15, 0.2) is 0 Å². The average Bonchev–Trinajstić information content (AvgIpc) is 2.67. The second-order valence-electron chi connectivity index (χ2n) is 6.51. The summed E-state index contributed by atoms with van der Waals surface area (Å²) < 4.78 is 5.38. The second kappa shape index (κ2) is 19.9. The lowest BCUT2D eigenvalue weighted by Crippen LogP contribution is -2.36. The summed E-state index contributed by atoms with van der Waals surface area (Å²) in [4.78, 5) is 25.2. The molecular weight excluding hydrogens is 364 g/mol. The number of nitrogens with zero attached hydrogens (tertiary/aromatic N) is 1. The van der Waals surface area contributed by atoms with Crippen LogP contribution in [0.5, 0.6) is 0 Å². The minimum Gasteiger partial charge on any atom is -0.370 e. The molecule has 0 aliphatic carbocycles. The van der Waals surface area contributed by atoms with Gasteiger partial charge < -0.3 is 26.0 Å². The van der Waals surface area contributed by atoms with E-state index in [4.69, 9.17) is 10.5 Å². The highest BCUT2D eigenvalue weighted by molar-refractivity contribution is 8.12. The molecule has 0 fully saturated rings. The van der Waals surface area contributed by atoms with Gasteiger partial charge in [0.05, 0.1) is 6.61 Å². The first-order valence-electron chi connectivity index (χ1n) is 10.2. The first-order valence-corrected chi connectivity index (χ1v) is 11.5. The van der Waals surface area contributed by atoms with Crippen molar-refractivity contribution in [2.45, 2.75) is 51.9 Å². The van der Waals surface area contributed by atoms with Crippen molar-refractivity contribution in [3.8, 4) is 0 Å². The molecule has 27 heavy (non-hydrogen) atoms. The minimum absolute atomic E-state index is 0.0334. The molecule has 0 aliphatic rings. The average molecular weight is 405 g/mol. The molecule has 160 valence electrons. The number of nitrogens with one attached hydrogen (secondary N) is 2. The van der Waals surface area contributed by atoms with Gasteiger partial charge >= 0.3 is 0 Å². The maximum atomic E-state index is 12.3. The monoisotopic (exact) mass is 404 g/mol. The van der Waals surface area contributed by atoms with E-state index in [1.807, 2.05) is 4.90 Å². The van der Waals surface area contributed by atoms with Crippen LogP contribution in [-0.4, -0.2) is 74.8 Å². The van der Waals surface area contributed by atoms with Crippen molar-refractivity contribution in [1.29, 1.82) is 0 Å². The number of nitrogens with two attached hydrogens (primary N) is 1. The topological polar surface area (TPSA) is 96.7 Å². The molecule has 4 N–H and O–H groups in total. The number of hydrogen-bond donors (Lipinski definition) is 3. The Bertz CT molecular complexity index is 373. The third-order valence-corrected chi connectivity index (χ3v) is 4.63. The van der Waals surface area contributed by atoms with Crippen LogP contribution in [0.25, 0.3) is 0 Å². The summed E-state index contributed by atoms with van der Waals surface area (Å²) in [5.74, 6) is 0.0334. The molecular formula is C19H40N4O3S. The summed E-state index contributed by atoms with van der Waals surface area (Å²) in [6, 6.07) is 0. The third-order valence-electron chi connectivity index (χ3n) is 4.11. The Morgan fingerprint density at radius 2 is 1.70 bits per heavy atom. The number of carbonyl (C=O) groups excluding carboxylic acids is 2. The molecule has 0 bridgehead atoms. The van der Waals surface area contributed by atoms with Crippen molar-refractivity contribution in [2.24, 2.45) is 5.73 Å². The zero-order valence-corrected chi connectivity index (χ0v) is 18.1. The van der Waals surface area contributed by atoms with Gasteiger partial charge in [0.2, 0.25) is 5.91 Å². The first kappa shape index (κ1) is 26.2. The standard InChI is InChI=1S/C19H40N4O3S/c1-3-14-23(18(24)17-26-16-13-22-19(25)27-2)15-9-5-8-12-21-11-7-4-6-10-20/h21H,3-17,20H2,1-2H3,(H,22,25). The van der Waals surface area contributed by atoms with E-state index >= 15 is 0 Å². The predicted octanol–water partition coefficient (Wildman–Crippen LogP) is 2.20. The Kier molecular flexibility index (Phi) is 19.3. The quantitative estimate of drug-likeness (QED) is 0.303. The van der Waals surface area contributed by atoms with Crippen LogP contribution in [0.4, 0.5) is 4.79 Å². The van der Waals surface area contributed by atoms with Gasteiger partial charge in [0.15, 0.2) is 0 Å². The Morgan fingerprint density at radius 3 is 2.33 bits per heavy atom. The van der Waals surface area contributed by atoms with Gasteiger partial charge in [0, 0.05) is 19.6 Å². The molecule has 0 radical (unpaired) electrons. The number of hydrogen-bond acceptors (Lipinski definition) is 6. The van der Waals surface area contributed by atoms with Crippen LogP contribution in [0.2, 0.25) is 0 Å². The lowest BCUT2D eigenvalue weighted by Gasteiger charge is -2.22. The fraction of sp³-hybridized carbons (Fsp3) is 0.895. The van der Waals surface area contributed by atoms with Gasteiger partial charge in [-0.15, -0.1) is 0 Å². The molecule has 2 amide bonds. The van der Waals surface area contributed by atoms with Crippen LogP contribution in [0.1, 0.15) is 51.9 Å². The summed E-state index contributed by atoms with van der Waals surface area (Å²) in [6.07, 6.45) is 9.44. The Labute approximate surface area is 169 Å². The van der Waals surface area contributed by atoms with Gasteiger partial charge in [-0.1, -0.05) is 31.5 Å². The van der Waals surface area contributed by atoms with Crippen LogP contribution >= 0.6 is 11.8 Å². The molecule has 0 spiro atoms. The van der Waals surface area contributed by atoms with Gasteiger partial charge in [0.1, 0.15) is 6.61 Å². The normalized spacial score (nSPS) is 10.8. The molecule has 8 heteroatoms. The summed E-state index contributed by atoms with van der Waals surface area (Å²) >= 11 is 1.13. The molecule has 7 nitrogen and oxygen atoms in total. The first-order chi connectivity index (χ1) is 13.2. The van der Waals surface area contributed by atoms with Crippen molar-refractivity contribution >= 4 is 22.9 Å². The van der Waals surface area contributed by atoms with Crippen LogP contribution in [0.3, 0.4) is 0 Å². The SMILES string of the molecule is CCCN(CCCCCNCCCCCN)C(=O)COCCNC(=O)SC. The highest BCUT2D eigenvalue weighted by atomic mass is 32.2. The Hall–Kier alpha value is -0.830. The Balaban J connectivity index is 3.70. The highest BCUT2D eigenvalue weighted by Crippen LogP contribution is 2.01. The van der Waals surface area contributed by atoms with Crippen molar-refractivity contribution in [3.63, 3.8) is 0 Å². The van der Waals surface area contributed by atoms with Gasteiger partial charge in [-0.3, -0.25) is 9.59 Å². The molecule has 0 aromatic carbocycles. The maximum Gasteiger partial charge on any atom is 0.278 e. The molecule has 0 aromatic heterocycles. The van der Waals surface area contributed by atoms with E-state index in [1.54, 1.807) is 6.26 Å². The van der Waals surface area contributed by atoms with E-state index < -0.39 is 0 Å². The Morgan fingerprint density at radius 1 is 1.00 bits per heavy atom. The van der Waals surface area contributed by atoms with Crippen molar-refractivity contribution < 1.29 is 14.3 Å². The molecule has 0 saturated carbocycles. The second-order valence-corrected chi connectivity index (χ2v) is 7.29. The summed E-state index contributed by atoms with van der Waals surface area (Å²) in [5.41, 5.74) is 5.48. The summed E-state index contributed by atoms with van der Waals surface area (Å²) in [7, 11) is 0. The van der Waals surface area contributed by atoms with Gasteiger partial charge in [-0.25, -0.2) is 0 Å². The molecule has 0 unspecified atom stereocenters. The van der Waals surface area contributed by atoms with E-state index in [2.05, 4.69) is 17.6 Å². The molecule has 0 atom stereocenters. The number of ether oxygens (including phenoxy) is 1. The lowest BCUT2D eigenvalue weighted by molar-refractivity contribution is -0.136. The van der Waals surface area contributed by atoms with Gasteiger partial charge in [-0.2, -0.15) is 0 Å². The number of carbonyl (C=O) groups is 2. The van der Waals surface area contributed by atoms with Gasteiger partial charge in [0.25, 0.3) is 5.24 Å². The highest BCUT2D eigenvalue weighted by Gasteiger charge is 2.12. The smallest absolute Gasteiger partial charge is 0.278 e. The summed E-state index contributed by atoms with van der Waals surface area (Å²) in [6.45, 7) is 7.39. The fourth-order valence-electron chi connectivity index (χ4n) is 2.60.